The Morgan fingerprint density at radius 3 is 2.11 bits per heavy atom. The smallest absolute Gasteiger partial charge is 0.282 e. The number of pyridine rings is 2. The number of rotatable bonds is 8. The summed E-state index contributed by atoms with van der Waals surface area (Å²) in [6, 6.07) is 21.8. The van der Waals surface area contributed by atoms with Gasteiger partial charge in [0, 0.05) is 40.5 Å². The molecule has 13 heteroatoms. The molecule has 0 unspecified atom stereocenters. The van der Waals surface area contributed by atoms with Crippen molar-refractivity contribution in [2.24, 2.45) is 0 Å². The summed E-state index contributed by atoms with van der Waals surface area (Å²) in [5, 5.41) is 8.43. The molecule has 1 aliphatic carbocycles. The number of nitrogens with zero attached hydrogens (tertiary/aromatic N) is 5. The van der Waals surface area contributed by atoms with Crippen molar-refractivity contribution < 1.29 is 16.8 Å². The molecule has 234 valence electrons. The standard InChI is InChI=1S/C33H29ClN6O4S2/c34-31-17-23(18-32(38-31)37-26-10-4-1-5-11-26)30-22-39(45(41,42)27-12-6-2-7-13-27)33-29(30)16-24(19-35-33)25-20-36-40(21-25)46(43,44)28-14-8-3-9-15-28/h2-3,6-9,12-22,26H,1,4-5,10-11H2,(H,37,38). The van der Waals surface area contributed by atoms with Crippen LogP contribution in [0.2, 0.25) is 5.15 Å². The fourth-order valence-electron chi connectivity index (χ4n) is 5.82. The molecule has 0 atom stereocenters. The first kappa shape index (κ1) is 30.2. The number of benzene rings is 2. The fourth-order valence-corrected chi connectivity index (χ4v) is 8.52. The molecule has 0 aliphatic heterocycles. The van der Waals surface area contributed by atoms with Gasteiger partial charge in [-0.3, -0.25) is 0 Å². The van der Waals surface area contributed by atoms with Crippen molar-refractivity contribution in [1.82, 2.24) is 23.1 Å². The highest BCUT2D eigenvalue weighted by atomic mass is 35.5. The summed E-state index contributed by atoms with van der Waals surface area (Å²) in [4.78, 5) is 9.32. The molecular weight excluding hydrogens is 644 g/mol. The monoisotopic (exact) mass is 672 g/mol. The van der Waals surface area contributed by atoms with E-state index in [0.717, 1.165) is 29.8 Å². The van der Waals surface area contributed by atoms with Crippen LogP contribution in [0.25, 0.3) is 33.3 Å². The van der Waals surface area contributed by atoms with Gasteiger partial charge in [0.1, 0.15) is 11.0 Å². The second kappa shape index (κ2) is 12.0. The molecule has 1 aliphatic rings. The minimum absolute atomic E-state index is 0.107. The van der Waals surface area contributed by atoms with Gasteiger partial charge in [0.25, 0.3) is 20.0 Å². The number of hydrogen-bond acceptors (Lipinski definition) is 8. The predicted molar refractivity (Wildman–Crippen MR) is 178 cm³/mol. The summed E-state index contributed by atoms with van der Waals surface area (Å²) in [5.41, 5.74) is 2.49. The Hall–Kier alpha value is -4.52. The highest BCUT2D eigenvalue weighted by Gasteiger charge is 2.25. The first-order valence-electron chi connectivity index (χ1n) is 14.8. The van der Waals surface area contributed by atoms with Crippen LogP contribution >= 0.6 is 11.6 Å². The summed E-state index contributed by atoms with van der Waals surface area (Å²) < 4.78 is 56.2. The Bertz CT molecular complexity index is 2270. The van der Waals surface area contributed by atoms with Gasteiger partial charge in [-0.1, -0.05) is 67.3 Å². The third-order valence-corrected chi connectivity index (χ3v) is 11.6. The van der Waals surface area contributed by atoms with Crippen LogP contribution in [0, 0.1) is 0 Å². The third kappa shape index (κ3) is 5.68. The molecular formula is C33H29ClN6O4S2. The molecule has 0 bridgehead atoms. The van der Waals surface area contributed by atoms with Crippen molar-refractivity contribution in [1.29, 1.82) is 0 Å². The molecule has 7 rings (SSSR count). The van der Waals surface area contributed by atoms with Crippen molar-refractivity contribution >= 4 is 48.5 Å². The Morgan fingerprint density at radius 1 is 0.739 bits per heavy atom. The van der Waals surface area contributed by atoms with E-state index in [1.807, 2.05) is 6.07 Å². The molecule has 46 heavy (non-hydrogen) atoms. The quantitative estimate of drug-likeness (QED) is 0.174. The van der Waals surface area contributed by atoms with Gasteiger partial charge in [0.2, 0.25) is 0 Å². The zero-order chi connectivity index (χ0) is 31.9. The van der Waals surface area contributed by atoms with E-state index in [-0.39, 0.29) is 26.6 Å². The number of anilines is 1. The topological polar surface area (TPSA) is 129 Å². The maximum atomic E-state index is 13.9. The molecule has 0 radical (unpaired) electrons. The van der Waals surface area contributed by atoms with Crippen LogP contribution in [0.1, 0.15) is 32.1 Å². The number of hydrogen-bond donors (Lipinski definition) is 1. The molecule has 0 amide bonds. The first-order valence-corrected chi connectivity index (χ1v) is 18.1. The van der Waals surface area contributed by atoms with Gasteiger partial charge in [0.15, 0.2) is 5.65 Å². The average Bonchev–Trinajstić information content (AvgIpc) is 3.72. The second-order valence-corrected chi connectivity index (χ2v) is 15.2. The van der Waals surface area contributed by atoms with Crippen LogP contribution in [-0.4, -0.2) is 46.0 Å². The molecule has 1 N–H and O–H groups in total. The molecule has 0 spiro atoms. The van der Waals surface area contributed by atoms with E-state index in [4.69, 9.17) is 11.6 Å². The Labute approximate surface area is 271 Å². The zero-order valence-corrected chi connectivity index (χ0v) is 26.9. The van der Waals surface area contributed by atoms with Crippen molar-refractivity contribution in [2.75, 3.05) is 5.32 Å². The Morgan fingerprint density at radius 2 is 1.41 bits per heavy atom. The minimum Gasteiger partial charge on any atom is -0.367 e. The maximum absolute atomic E-state index is 13.9. The van der Waals surface area contributed by atoms with Gasteiger partial charge < -0.3 is 5.32 Å². The van der Waals surface area contributed by atoms with E-state index < -0.39 is 20.0 Å². The highest BCUT2D eigenvalue weighted by molar-refractivity contribution is 7.90. The number of nitrogens with one attached hydrogen (secondary N) is 1. The van der Waals surface area contributed by atoms with E-state index >= 15 is 0 Å². The zero-order valence-electron chi connectivity index (χ0n) is 24.5. The normalized spacial score (nSPS) is 14.5. The first-order chi connectivity index (χ1) is 22.2. The van der Waals surface area contributed by atoms with Crippen LogP contribution in [-0.2, 0) is 20.0 Å². The van der Waals surface area contributed by atoms with Crippen LogP contribution in [0.4, 0.5) is 5.82 Å². The summed E-state index contributed by atoms with van der Waals surface area (Å²) in [6.45, 7) is 0. The number of fused-ring (bicyclic) bond motifs is 1. The summed E-state index contributed by atoms with van der Waals surface area (Å²) in [6.07, 6.45) is 11.5. The minimum atomic E-state index is -4.02. The maximum Gasteiger partial charge on any atom is 0.282 e. The van der Waals surface area contributed by atoms with E-state index in [9.17, 15) is 16.8 Å². The van der Waals surface area contributed by atoms with Gasteiger partial charge in [-0.25, -0.2) is 22.4 Å². The molecule has 4 heterocycles. The van der Waals surface area contributed by atoms with E-state index in [0.29, 0.717) is 33.5 Å². The van der Waals surface area contributed by atoms with Crippen LogP contribution in [0.15, 0.2) is 113 Å². The van der Waals surface area contributed by atoms with Gasteiger partial charge in [-0.15, -0.1) is 0 Å². The molecule has 6 aromatic rings. The second-order valence-electron chi connectivity index (χ2n) is 11.2. The predicted octanol–water partition coefficient (Wildman–Crippen LogP) is 6.83. The molecule has 0 saturated heterocycles. The van der Waals surface area contributed by atoms with Gasteiger partial charge in [0.05, 0.1) is 22.2 Å². The van der Waals surface area contributed by atoms with Crippen LogP contribution in [0.5, 0.6) is 0 Å². The molecule has 1 fully saturated rings. The third-order valence-electron chi connectivity index (χ3n) is 8.16. The van der Waals surface area contributed by atoms with Crippen molar-refractivity contribution in [2.45, 2.75) is 47.9 Å². The van der Waals surface area contributed by atoms with Gasteiger partial charge in [-0.2, -0.15) is 17.6 Å². The summed E-state index contributed by atoms with van der Waals surface area (Å²) in [7, 11) is -7.94. The van der Waals surface area contributed by atoms with E-state index in [2.05, 4.69) is 20.4 Å². The van der Waals surface area contributed by atoms with Crippen molar-refractivity contribution in [3.8, 4) is 22.3 Å². The molecule has 2 aromatic carbocycles. The number of halogens is 1. The lowest BCUT2D eigenvalue weighted by Gasteiger charge is -2.23. The van der Waals surface area contributed by atoms with Crippen LogP contribution < -0.4 is 5.32 Å². The van der Waals surface area contributed by atoms with Gasteiger partial charge in [-0.05, 0) is 60.9 Å². The lowest BCUT2D eigenvalue weighted by Crippen LogP contribution is -2.22. The average molecular weight is 673 g/mol. The Kier molecular flexibility index (Phi) is 7.87. The highest BCUT2D eigenvalue weighted by Crippen LogP contribution is 2.37. The molecule has 10 nitrogen and oxygen atoms in total. The van der Waals surface area contributed by atoms with Gasteiger partial charge >= 0.3 is 0 Å². The summed E-state index contributed by atoms with van der Waals surface area (Å²) in [5.74, 6) is 0.609. The lowest BCUT2D eigenvalue weighted by molar-refractivity contribution is 0.462. The number of aromatic nitrogens is 5. The summed E-state index contributed by atoms with van der Waals surface area (Å²) >= 11 is 6.52. The SMILES string of the molecule is O=S(=O)(c1ccccc1)n1cc(-c2cnc3c(c2)c(-c2cc(Cl)nc(NC4CCCCC4)c2)cn3S(=O)(=O)c2ccccc2)cn1. The lowest BCUT2D eigenvalue weighted by atomic mass is 9.95. The largest absolute Gasteiger partial charge is 0.367 e. The molecule has 1 saturated carbocycles. The van der Waals surface area contributed by atoms with Crippen LogP contribution in [0.3, 0.4) is 0 Å². The van der Waals surface area contributed by atoms with E-state index in [1.54, 1.807) is 54.7 Å². The van der Waals surface area contributed by atoms with E-state index in [1.165, 1.54) is 53.2 Å². The van der Waals surface area contributed by atoms with Crippen molar-refractivity contribution in [3.05, 3.63) is 109 Å². The molecule has 4 aromatic heterocycles. The Balaban J connectivity index is 1.36. The fraction of sp³-hybridized carbons (Fsp3) is 0.182. The van der Waals surface area contributed by atoms with Crippen molar-refractivity contribution in [3.63, 3.8) is 0 Å².